The van der Waals surface area contributed by atoms with Crippen molar-refractivity contribution in [3.05, 3.63) is 75.5 Å². The molecule has 2 aromatic carbocycles. The van der Waals surface area contributed by atoms with Crippen molar-refractivity contribution in [1.82, 2.24) is 0 Å². The average Bonchev–Trinajstić information content (AvgIpc) is 2.54. The van der Waals surface area contributed by atoms with Crippen molar-refractivity contribution in [2.75, 3.05) is 0 Å². The Morgan fingerprint density at radius 2 is 1.41 bits per heavy atom. The maximum absolute atomic E-state index is 14.0. The number of aryl methyl sites for hydroxylation is 2. The van der Waals surface area contributed by atoms with Gasteiger partial charge in [-0.05, 0) is 36.1 Å². The van der Waals surface area contributed by atoms with Gasteiger partial charge in [0.15, 0.2) is 5.83 Å². The van der Waals surface area contributed by atoms with Gasteiger partial charge in [0.05, 0.1) is 0 Å². The fraction of sp³-hybridized carbons (Fsp3) is 0.263. The molecule has 2 aromatic rings. The Bertz CT molecular complexity index is 627. The van der Waals surface area contributed by atoms with Crippen molar-refractivity contribution in [3.8, 4) is 0 Å². The summed E-state index contributed by atoms with van der Waals surface area (Å²) in [6.45, 7) is 2.14. The molecule has 22 heavy (non-hydrogen) atoms. The summed E-state index contributed by atoms with van der Waals surface area (Å²) >= 11 is 3.28. The molecule has 0 fully saturated rings. The first kappa shape index (κ1) is 16.9. The summed E-state index contributed by atoms with van der Waals surface area (Å²) in [5.41, 5.74) is 2.58. The second kappa shape index (κ2) is 8.23. The molecule has 2 rings (SSSR count). The molecular formula is C19H19BrF2. The molecule has 0 aliphatic carbocycles. The highest BCUT2D eigenvalue weighted by atomic mass is 79.9. The SMILES string of the molecule is CCCc1ccc(CC/C(F)=C(\F)c2ccc(Br)cc2)cc1. The van der Waals surface area contributed by atoms with Crippen molar-refractivity contribution in [2.24, 2.45) is 0 Å². The quantitative estimate of drug-likeness (QED) is 0.538. The van der Waals surface area contributed by atoms with Crippen LogP contribution in [0, 0.1) is 0 Å². The average molecular weight is 365 g/mol. The molecule has 0 heterocycles. The highest BCUT2D eigenvalue weighted by Crippen LogP contribution is 2.25. The molecule has 0 unspecified atom stereocenters. The molecule has 0 aliphatic heterocycles. The van der Waals surface area contributed by atoms with E-state index in [0.717, 1.165) is 22.9 Å². The lowest BCUT2D eigenvalue weighted by Gasteiger charge is -2.04. The van der Waals surface area contributed by atoms with Crippen molar-refractivity contribution in [1.29, 1.82) is 0 Å². The van der Waals surface area contributed by atoms with Crippen LogP contribution in [-0.2, 0) is 12.8 Å². The smallest absolute Gasteiger partial charge is 0.161 e. The summed E-state index contributed by atoms with van der Waals surface area (Å²) in [4.78, 5) is 0. The van der Waals surface area contributed by atoms with Gasteiger partial charge in [-0.15, -0.1) is 0 Å². The number of allylic oxidation sites excluding steroid dienone is 1. The molecule has 0 aromatic heterocycles. The predicted molar refractivity (Wildman–Crippen MR) is 92.0 cm³/mol. The number of benzene rings is 2. The first-order valence-corrected chi connectivity index (χ1v) is 8.27. The van der Waals surface area contributed by atoms with E-state index in [-0.39, 0.29) is 12.0 Å². The maximum Gasteiger partial charge on any atom is 0.161 e. The normalized spacial score (nSPS) is 12.2. The highest BCUT2D eigenvalue weighted by molar-refractivity contribution is 9.10. The van der Waals surface area contributed by atoms with Crippen LogP contribution in [0.1, 0.15) is 36.5 Å². The Morgan fingerprint density at radius 3 is 1.95 bits per heavy atom. The van der Waals surface area contributed by atoms with Crippen molar-refractivity contribution < 1.29 is 8.78 Å². The molecular weight excluding hydrogens is 346 g/mol. The Balaban J connectivity index is 2.00. The number of hydrogen-bond donors (Lipinski definition) is 0. The van der Waals surface area contributed by atoms with Gasteiger partial charge in [-0.1, -0.05) is 65.7 Å². The van der Waals surface area contributed by atoms with Crippen molar-refractivity contribution >= 4 is 21.8 Å². The summed E-state index contributed by atoms with van der Waals surface area (Å²) in [6.07, 6.45) is 2.74. The van der Waals surface area contributed by atoms with Crippen LogP contribution in [0.15, 0.2) is 58.8 Å². The third-order valence-electron chi connectivity index (χ3n) is 3.53. The Labute approximate surface area is 139 Å². The van der Waals surface area contributed by atoms with E-state index in [1.165, 1.54) is 5.56 Å². The molecule has 0 saturated heterocycles. The number of halogens is 3. The van der Waals surface area contributed by atoms with Gasteiger partial charge in [0.2, 0.25) is 0 Å². The van der Waals surface area contributed by atoms with E-state index in [4.69, 9.17) is 0 Å². The first-order valence-electron chi connectivity index (χ1n) is 7.48. The zero-order valence-corrected chi connectivity index (χ0v) is 14.2. The lowest BCUT2D eigenvalue weighted by molar-refractivity contribution is 0.563. The van der Waals surface area contributed by atoms with Crippen molar-refractivity contribution in [3.63, 3.8) is 0 Å². The van der Waals surface area contributed by atoms with E-state index >= 15 is 0 Å². The molecule has 0 amide bonds. The van der Waals surface area contributed by atoms with E-state index in [0.29, 0.717) is 6.42 Å². The van der Waals surface area contributed by atoms with Crippen LogP contribution in [-0.4, -0.2) is 0 Å². The zero-order chi connectivity index (χ0) is 15.9. The molecule has 0 radical (unpaired) electrons. The van der Waals surface area contributed by atoms with Gasteiger partial charge in [0.1, 0.15) is 5.83 Å². The second-order valence-corrected chi connectivity index (χ2v) is 6.21. The van der Waals surface area contributed by atoms with Gasteiger partial charge in [0, 0.05) is 16.5 Å². The van der Waals surface area contributed by atoms with E-state index in [1.54, 1.807) is 24.3 Å². The van der Waals surface area contributed by atoms with Gasteiger partial charge in [-0.3, -0.25) is 0 Å². The van der Waals surface area contributed by atoms with Gasteiger partial charge in [-0.25, -0.2) is 8.78 Å². The van der Waals surface area contributed by atoms with Crippen LogP contribution < -0.4 is 0 Å². The maximum atomic E-state index is 14.0. The Kier molecular flexibility index (Phi) is 6.32. The molecule has 0 nitrogen and oxygen atoms in total. The molecule has 116 valence electrons. The Morgan fingerprint density at radius 1 is 0.864 bits per heavy atom. The summed E-state index contributed by atoms with van der Waals surface area (Å²) in [5, 5.41) is 0. The van der Waals surface area contributed by atoms with E-state index in [2.05, 4.69) is 35.0 Å². The fourth-order valence-corrected chi connectivity index (χ4v) is 2.54. The largest absolute Gasteiger partial charge is 0.209 e. The highest BCUT2D eigenvalue weighted by Gasteiger charge is 2.09. The van der Waals surface area contributed by atoms with Crippen LogP contribution >= 0.6 is 15.9 Å². The van der Waals surface area contributed by atoms with Gasteiger partial charge in [-0.2, -0.15) is 0 Å². The van der Waals surface area contributed by atoms with Crippen LogP contribution in [0.5, 0.6) is 0 Å². The lowest BCUT2D eigenvalue weighted by Crippen LogP contribution is -1.90. The summed E-state index contributed by atoms with van der Waals surface area (Å²) in [5.74, 6) is -1.46. The summed E-state index contributed by atoms with van der Waals surface area (Å²) in [6, 6.07) is 14.7. The van der Waals surface area contributed by atoms with Gasteiger partial charge < -0.3 is 0 Å². The number of hydrogen-bond acceptors (Lipinski definition) is 0. The van der Waals surface area contributed by atoms with Gasteiger partial charge in [0.25, 0.3) is 0 Å². The standard InChI is InChI=1S/C19H19BrF2/c1-2-3-14-4-6-15(7-5-14)8-13-18(21)19(22)16-9-11-17(20)12-10-16/h4-7,9-12H,2-3,8,13H2,1H3/b19-18+. The second-order valence-electron chi connectivity index (χ2n) is 5.29. The minimum Gasteiger partial charge on any atom is -0.209 e. The molecule has 0 bridgehead atoms. The summed E-state index contributed by atoms with van der Waals surface area (Å²) in [7, 11) is 0. The van der Waals surface area contributed by atoms with Crippen LogP contribution in [0.2, 0.25) is 0 Å². The predicted octanol–water partition coefficient (Wildman–Crippen LogP) is 6.64. The lowest BCUT2D eigenvalue weighted by atomic mass is 10.0. The minimum absolute atomic E-state index is 0.0784. The first-order chi connectivity index (χ1) is 10.6. The van der Waals surface area contributed by atoms with E-state index in [1.807, 2.05) is 12.1 Å². The molecule has 3 heteroatoms. The van der Waals surface area contributed by atoms with E-state index in [9.17, 15) is 8.78 Å². The van der Waals surface area contributed by atoms with Crippen LogP contribution in [0.3, 0.4) is 0 Å². The fourth-order valence-electron chi connectivity index (χ4n) is 2.28. The van der Waals surface area contributed by atoms with Gasteiger partial charge >= 0.3 is 0 Å². The minimum atomic E-state index is -0.768. The van der Waals surface area contributed by atoms with Crippen LogP contribution in [0.25, 0.3) is 5.83 Å². The summed E-state index contributed by atoms with van der Waals surface area (Å²) < 4.78 is 28.8. The van der Waals surface area contributed by atoms with Crippen LogP contribution in [0.4, 0.5) is 8.78 Å². The Hall–Kier alpha value is -1.48. The molecule has 0 atom stereocenters. The number of rotatable bonds is 6. The zero-order valence-electron chi connectivity index (χ0n) is 12.6. The molecule has 0 saturated carbocycles. The van der Waals surface area contributed by atoms with E-state index < -0.39 is 11.7 Å². The van der Waals surface area contributed by atoms with Crippen molar-refractivity contribution in [2.45, 2.75) is 32.6 Å². The third-order valence-corrected chi connectivity index (χ3v) is 4.06. The third kappa shape index (κ3) is 4.77. The molecule has 0 aliphatic rings. The molecule has 0 spiro atoms. The molecule has 0 N–H and O–H groups in total. The topological polar surface area (TPSA) is 0 Å². The monoisotopic (exact) mass is 364 g/mol.